The van der Waals surface area contributed by atoms with E-state index in [9.17, 15) is 14.9 Å². The van der Waals surface area contributed by atoms with Crippen molar-refractivity contribution in [1.82, 2.24) is 5.32 Å². The number of carbonyl (C=O) groups is 2. The minimum Gasteiger partial charge on any atom is -0.352 e. The third-order valence-corrected chi connectivity index (χ3v) is 7.09. The molecule has 2 aliphatic rings. The summed E-state index contributed by atoms with van der Waals surface area (Å²) < 4.78 is 0. The molecule has 1 aromatic heterocycles. The average Bonchev–Trinajstić information content (AvgIpc) is 3.26. The highest BCUT2D eigenvalue weighted by molar-refractivity contribution is 8.03. The van der Waals surface area contributed by atoms with E-state index >= 15 is 0 Å². The van der Waals surface area contributed by atoms with Gasteiger partial charge in [-0.2, -0.15) is 5.26 Å². The van der Waals surface area contributed by atoms with Crippen LogP contribution in [0, 0.1) is 18.3 Å². The van der Waals surface area contributed by atoms with Crippen LogP contribution in [0.25, 0.3) is 0 Å². The van der Waals surface area contributed by atoms with E-state index < -0.39 is 0 Å². The first-order chi connectivity index (χ1) is 14.6. The molecular formula is C23H21N3O2S2. The van der Waals surface area contributed by atoms with Gasteiger partial charge in [0.1, 0.15) is 0 Å². The molecule has 1 aliphatic carbocycles. The second-order valence-electron chi connectivity index (χ2n) is 7.30. The maximum Gasteiger partial charge on any atom is 0.234 e. The van der Waals surface area contributed by atoms with Crippen LogP contribution in [0.3, 0.4) is 0 Å². The van der Waals surface area contributed by atoms with Gasteiger partial charge in [0, 0.05) is 28.3 Å². The first kappa shape index (κ1) is 20.5. The molecule has 1 atom stereocenters. The highest BCUT2D eigenvalue weighted by atomic mass is 32.2. The molecule has 0 saturated carbocycles. The van der Waals surface area contributed by atoms with Crippen LogP contribution < -0.4 is 10.6 Å². The molecule has 5 nitrogen and oxygen atoms in total. The topological polar surface area (TPSA) is 82.0 Å². The van der Waals surface area contributed by atoms with Gasteiger partial charge >= 0.3 is 0 Å². The number of amides is 1. The number of nitrogens with one attached hydrogen (secondary N) is 2. The number of benzene rings is 1. The summed E-state index contributed by atoms with van der Waals surface area (Å²) in [5.74, 6) is -0.197. The van der Waals surface area contributed by atoms with E-state index in [1.54, 1.807) is 11.3 Å². The molecule has 2 N–H and O–H groups in total. The number of rotatable bonds is 5. The first-order valence-corrected chi connectivity index (χ1v) is 11.6. The van der Waals surface area contributed by atoms with Gasteiger partial charge in [0.2, 0.25) is 5.91 Å². The number of thiophene rings is 1. The standard InChI is InChI=1S/C23H21N3O2S2/c1-14-5-2-6-15(11-14)25-20(28)13-30-23-16(12-24)21(19-9-4-10-29-19)22-17(26-23)7-3-8-18(22)27/h2,4-6,9-11,21,26H,3,7-8,13H2,1H3,(H,25,28). The number of dihydropyridines is 1. The Hall–Kier alpha value is -2.82. The Balaban J connectivity index is 1.57. The number of carbonyl (C=O) groups excluding carboxylic acids is 2. The van der Waals surface area contributed by atoms with Crippen molar-refractivity contribution >= 4 is 40.5 Å². The van der Waals surface area contributed by atoms with Crippen molar-refractivity contribution in [1.29, 1.82) is 5.26 Å². The molecule has 30 heavy (non-hydrogen) atoms. The highest BCUT2D eigenvalue weighted by Crippen LogP contribution is 2.45. The number of aryl methyl sites for hydroxylation is 1. The molecule has 0 saturated heterocycles. The summed E-state index contributed by atoms with van der Waals surface area (Å²) in [6.07, 6.45) is 2.10. The lowest BCUT2D eigenvalue weighted by Crippen LogP contribution is -2.31. The van der Waals surface area contributed by atoms with E-state index in [2.05, 4.69) is 16.7 Å². The Labute approximate surface area is 183 Å². The van der Waals surface area contributed by atoms with Gasteiger partial charge in [-0.25, -0.2) is 0 Å². The molecule has 0 spiro atoms. The third-order valence-electron chi connectivity index (χ3n) is 5.14. The molecule has 2 aromatic rings. The number of anilines is 1. The normalized spacial score (nSPS) is 18.5. The molecule has 7 heteroatoms. The van der Waals surface area contributed by atoms with E-state index in [-0.39, 0.29) is 23.4 Å². The molecule has 0 radical (unpaired) electrons. The lowest BCUT2D eigenvalue weighted by molar-refractivity contribution is -0.116. The molecule has 2 heterocycles. The number of nitriles is 1. The van der Waals surface area contributed by atoms with Crippen LogP contribution in [0.5, 0.6) is 0 Å². The minimum atomic E-state index is -0.346. The Bertz CT molecular complexity index is 1090. The Morgan fingerprint density at radius 2 is 2.20 bits per heavy atom. The minimum absolute atomic E-state index is 0.108. The average molecular weight is 436 g/mol. The van der Waals surface area contributed by atoms with Crippen LogP contribution in [0.4, 0.5) is 5.69 Å². The van der Waals surface area contributed by atoms with E-state index in [1.807, 2.05) is 48.7 Å². The predicted molar refractivity (Wildman–Crippen MR) is 121 cm³/mol. The fraction of sp³-hybridized carbons (Fsp3) is 0.261. The fourth-order valence-electron chi connectivity index (χ4n) is 3.84. The molecule has 152 valence electrons. The molecule has 1 aliphatic heterocycles. The number of hydrogen-bond acceptors (Lipinski definition) is 6. The summed E-state index contributed by atoms with van der Waals surface area (Å²) in [7, 11) is 0. The molecule has 4 rings (SSSR count). The van der Waals surface area contributed by atoms with Crippen molar-refractivity contribution in [2.45, 2.75) is 32.1 Å². The number of Topliss-reactive ketones (excluding diaryl/α,β-unsaturated/α-hetero) is 1. The summed E-state index contributed by atoms with van der Waals surface area (Å²) in [6.45, 7) is 1.97. The van der Waals surface area contributed by atoms with Crippen LogP contribution in [-0.2, 0) is 9.59 Å². The summed E-state index contributed by atoms with van der Waals surface area (Å²) in [5.41, 5.74) is 3.95. The fourth-order valence-corrected chi connectivity index (χ4v) is 5.54. The second-order valence-corrected chi connectivity index (χ2v) is 9.27. The zero-order valence-electron chi connectivity index (χ0n) is 16.5. The van der Waals surface area contributed by atoms with Crippen LogP contribution in [-0.4, -0.2) is 17.4 Å². The largest absolute Gasteiger partial charge is 0.352 e. The highest BCUT2D eigenvalue weighted by Gasteiger charge is 2.37. The van der Waals surface area contributed by atoms with Gasteiger partial charge in [-0.05, 0) is 48.9 Å². The lowest BCUT2D eigenvalue weighted by Gasteiger charge is -2.32. The van der Waals surface area contributed by atoms with Crippen molar-refractivity contribution in [2.75, 3.05) is 11.1 Å². The molecule has 1 unspecified atom stereocenters. The number of allylic oxidation sites excluding steroid dienone is 3. The van der Waals surface area contributed by atoms with Crippen LogP contribution in [0.15, 0.2) is 63.7 Å². The van der Waals surface area contributed by atoms with Gasteiger partial charge in [-0.3, -0.25) is 9.59 Å². The van der Waals surface area contributed by atoms with Gasteiger partial charge in [-0.15, -0.1) is 11.3 Å². The number of nitrogens with zero attached hydrogens (tertiary/aromatic N) is 1. The number of hydrogen-bond donors (Lipinski definition) is 2. The van der Waals surface area contributed by atoms with Crippen molar-refractivity contribution in [3.63, 3.8) is 0 Å². The zero-order valence-corrected chi connectivity index (χ0v) is 18.2. The third kappa shape index (κ3) is 4.20. The lowest BCUT2D eigenvalue weighted by atomic mass is 9.79. The summed E-state index contributed by atoms with van der Waals surface area (Å²) >= 11 is 2.86. The van der Waals surface area contributed by atoms with E-state index in [1.165, 1.54) is 11.8 Å². The summed E-state index contributed by atoms with van der Waals surface area (Å²) in [4.78, 5) is 26.2. The van der Waals surface area contributed by atoms with Crippen molar-refractivity contribution in [2.24, 2.45) is 0 Å². The van der Waals surface area contributed by atoms with Crippen LogP contribution in [0.1, 0.15) is 35.6 Å². The molecule has 0 fully saturated rings. The van der Waals surface area contributed by atoms with E-state index in [0.29, 0.717) is 22.6 Å². The van der Waals surface area contributed by atoms with Gasteiger partial charge in [0.15, 0.2) is 5.78 Å². The first-order valence-electron chi connectivity index (χ1n) is 9.77. The monoisotopic (exact) mass is 435 g/mol. The quantitative estimate of drug-likeness (QED) is 0.701. The van der Waals surface area contributed by atoms with Crippen LogP contribution >= 0.6 is 23.1 Å². The molecule has 0 bridgehead atoms. The summed E-state index contributed by atoms with van der Waals surface area (Å²) in [5, 5.41) is 18.8. The molecule has 1 amide bonds. The molecular weight excluding hydrogens is 414 g/mol. The van der Waals surface area contributed by atoms with Gasteiger partial charge < -0.3 is 10.6 Å². The van der Waals surface area contributed by atoms with Gasteiger partial charge in [0.25, 0.3) is 0 Å². The van der Waals surface area contributed by atoms with Gasteiger partial charge in [0.05, 0.1) is 28.3 Å². The Morgan fingerprint density at radius 3 is 2.93 bits per heavy atom. The van der Waals surface area contributed by atoms with E-state index in [4.69, 9.17) is 0 Å². The van der Waals surface area contributed by atoms with Crippen molar-refractivity contribution in [3.8, 4) is 6.07 Å². The molecule has 1 aromatic carbocycles. The van der Waals surface area contributed by atoms with E-state index in [0.717, 1.165) is 34.7 Å². The Morgan fingerprint density at radius 1 is 1.33 bits per heavy atom. The smallest absolute Gasteiger partial charge is 0.234 e. The number of thioether (sulfide) groups is 1. The second kappa shape index (κ2) is 8.90. The van der Waals surface area contributed by atoms with Crippen molar-refractivity contribution < 1.29 is 9.59 Å². The maximum absolute atomic E-state index is 12.7. The van der Waals surface area contributed by atoms with Crippen LogP contribution in [0.2, 0.25) is 0 Å². The number of ketones is 1. The van der Waals surface area contributed by atoms with Gasteiger partial charge in [-0.1, -0.05) is 30.0 Å². The Kier molecular flexibility index (Phi) is 6.07. The SMILES string of the molecule is Cc1cccc(NC(=O)CSC2=C(C#N)C(c3cccs3)C3=C(CCCC3=O)N2)c1. The maximum atomic E-state index is 12.7. The predicted octanol–water partition coefficient (Wildman–Crippen LogP) is 4.86. The zero-order chi connectivity index (χ0) is 21.1. The summed E-state index contributed by atoms with van der Waals surface area (Å²) in [6, 6.07) is 13.9. The van der Waals surface area contributed by atoms with Crippen molar-refractivity contribution in [3.05, 3.63) is 74.1 Å².